The zero-order chi connectivity index (χ0) is 12.1. The van der Waals surface area contributed by atoms with Crippen LogP contribution in [0.1, 0.15) is 25.7 Å². The van der Waals surface area contributed by atoms with E-state index in [9.17, 15) is 4.79 Å². The molecule has 1 atom stereocenters. The van der Waals surface area contributed by atoms with Crippen molar-refractivity contribution in [3.8, 4) is 0 Å². The summed E-state index contributed by atoms with van der Waals surface area (Å²) in [5.41, 5.74) is 0. The van der Waals surface area contributed by atoms with Gasteiger partial charge in [-0.15, -0.1) is 6.58 Å². The Morgan fingerprint density at radius 1 is 1.41 bits per heavy atom. The standard InChI is InChI=1S/C12H20N2O3/c1-2-7-13-11(15)14-8-10-9-16-12(17-10)5-3-4-6-12/h2,10H,1,3-9H2,(H2,13,14,15)/t10-/m0/s1. The second kappa shape index (κ2) is 5.51. The number of ether oxygens (including phenoxy) is 2. The maximum atomic E-state index is 11.3. The van der Waals surface area contributed by atoms with Crippen molar-refractivity contribution in [3.63, 3.8) is 0 Å². The third kappa shape index (κ3) is 3.20. The number of urea groups is 1. The largest absolute Gasteiger partial charge is 0.347 e. The highest BCUT2D eigenvalue weighted by Crippen LogP contribution is 2.38. The van der Waals surface area contributed by atoms with Gasteiger partial charge in [-0.05, 0) is 12.8 Å². The van der Waals surface area contributed by atoms with Crippen molar-refractivity contribution in [1.29, 1.82) is 0 Å². The molecule has 0 aromatic heterocycles. The van der Waals surface area contributed by atoms with Gasteiger partial charge >= 0.3 is 6.03 Å². The second-order valence-electron chi connectivity index (χ2n) is 4.55. The Labute approximate surface area is 102 Å². The first kappa shape index (κ1) is 12.4. The smallest absolute Gasteiger partial charge is 0.315 e. The van der Waals surface area contributed by atoms with E-state index in [2.05, 4.69) is 17.2 Å². The fourth-order valence-electron chi connectivity index (χ4n) is 2.33. The molecule has 1 saturated carbocycles. The number of amides is 2. The Bertz CT molecular complexity index is 287. The van der Waals surface area contributed by atoms with E-state index < -0.39 is 0 Å². The summed E-state index contributed by atoms with van der Waals surface area (Å²) < 4.78 is 11.6. The van der Waals surface area contributed by atoms with Crippen LogP contribution in [0.4, 0.5) is 4.79 Å². The number of rotatable bonds is 4. The minimum absolute atomic E-state index is 0.0254. The zero-order valence-corrected chi connectivity index (χ0v) is 10.0. The summed E-state index contributed by atoms with van der Waals surface area (Å²) in [7, 11) is 0. The van der Waals surface area contributed by atoms with Crippen LogP contribution in [0.2, 0.25) is 0 Å². The summed E-state index contributed by atoms with van der Waals surface area (Å²) in [6.07, 6.45) is 5.91. The first-order valence-electron chi connectivity index (χ1n) is 6.18. The van der Waals surface area contributed by atoms with E-state index in [1.54, 1.807) is 6.08 Å². The lowest BCUT2D eigenvalue weighted by molar-refractivity contribution is -0.160. The molecule has 1 spiro atoms. The van der Waals surface area contributed by atoms with Gasteiger partial charge < -0.3 is 20.1 Å². The van der Waals surface area contributed by atoms with E-state index in [1.165, 1.54) is 12.8 Å². The molecule has 0 aromatic carbocycles. The normalized spacial score (nSPS) is 26.0. The lowest BCUT2D eigenvalue weighted by Gasteiger charge is -2.21. The van der Waals surface area contributed by atoms with Gasteiger partial charge in [0, 0.05) is 25.9 Å². The predicted octanol–water partition coefficient (Wildman–Crippen LogP) is 1.16. The topological polar surface area (TPSA) is 59.6 Å². The monoisotopic (exact) mass is 240 g/mol. The molecule has 2 amide bonds. The number of hydrogen-bond donors (Lipinski definition) is 2. The molecule has 1 aliphatic heterocycles. The van der Waals surface area contributed by atoms with Gasteiger partial charge in [-0.25, -0.2) is 4.79 Å². The molecule has 96 valence electrons. The molecule has 17 heavy (non-hydrogen) atoms. The van der Waals surface area contributed by atoms with Crippen molar-refractivity contribution in [2.45, 2.75) is 37.6 Å². The molecule has 1 saturated heterocycles. The molecular weight excluding hydrogens is 220 g/mol. The second-order valence-corrected chi connectivity index (χ2v) is 4.55. The van der Waals surface area contributed by atoms with E-state index in [4.69, 9.17) is 9.47 Å². The molecule has 2 aliphatic rings. The molecule has 0 radical (unpaired) electrons. The molecule has 0 bridgehead atoms. The average molecular weight is 240 g/mol. The highest BCUT2D eigenvalue weighted by molar-refractivity contribution is 5.73. The summed E-state index contributed by atoms with van der Waals surface area (Å²) in [6.45, 7) is 5.06. The van der Waals surface area contributed by atoms with Crippen LogP contribution < -0.4 is 10.6 Å². The molecule has 2 N–H and O–H groups in total. The van der Waals surface area contributed by atoms with Crippen molar-refractivity contribution < 1.29 is 14.3 Å². The predicted molar refractivity (Wildman–Crippen MR) is 63.6 cm³/mol. The summed E-state index contributed by atoms with van der Waals surface area (Å²) in [6, 6.07) is -0.194. The summed E-state index contributed by atoms with van der Waals surface area (Å²) in [5, 5.41) is 5.42. The molecule has 1 heterocycles. The van der Waals surface area contributed by atoms with Crippen molar-refractivity contribution in [3.05, 3.63) is 12.7 Å². The van der Waals surface area contributed by atoms with Gasteiger partial charge in [0.2, 0.25) is 0 Å². The Kier molecular flexibility index (Phi) is 4.02. The maximum absolute atomic E-state index is 11.3. The fourth-order valence-corrected chi connectivity index (χ4v) is 2.33. The Morgan fingerprint density at radius 3 is 2.88 bits per heavy atom. The van der Waals surface area contributed by atoms with Gasteiger partial charge in [0.05, 0.1) is 6.61 Å². The Hall–Kier alpha value is -1.07. The first-order chi connectivity index (χ1) is 8.24. The third-order valence-electron chi connectivity index (χ3n) is 3.18. The third-order valence-corrected chi connectivity index (χ3v) is 3.18. The van der Waals surface area contributed by atoms with Gasteiger partial charge in [0.25, 0.3) is 0 Å². The lowest BCUT2D eigenvalue weighted by Crippen LogP contribution is -2.41. The van der Waals surface area contributed by atoms with E-state index in [1.807, 2.05) is 0 Å². The van der Waals surface area contributed by atoms with Gasteiger partial charge in [-0.3, -0.25) is 0 Å². The van der Waals surface area contributed by atoms with E-state index in [0.717, 1.165) is 12.8 Å². The lowest BCUT2D eigenvalue weighted by atomic mass is 10.2. The minimum Gasteiger partial charge on any atom is -0.347 e. The molecule has 2 fully saturated rings. The molecule has 0 aromatic rings. The van der Waals surface area contributed by atoms with Gasteiger partial charge in [-0.1, -0.05) is 6.08 Å². The summed E-state index contributed by atoms with van der Waals surface area (Å²) in [4.78, 5) is 11.3. The van der Waals surface area contributed by atoms with E-state index in [-0.39, 0.29) is 17.9 Å². The van der Waals surface area contributed by atoms with Crippen LogP contribution in [0, 0.1) is 0 Å². The first-order valence-corrected chi connectivity index (χ1v) is 6.18. The van der Waals surface area contributed by atoms with E-state index in [0.29, 0.717) is 19.7 Å². The Balaban J connectivity index is 1.67. The summed E-state index contributed by atoms with van der Waals surface area (Å²) in [5.74, 6) is -0.343. The maximum Gasteiger partial charge on any atom is 0.315 e. The van der Waals surface area contributed by atoms with Crippen LogP contribution >= 0.6 is 0 Å². The molecule has 2 rings (SSSR count). The van der Waals surface area contributed by atoms with E-state index >= 15 is 0 Å². The highest BCUT2D eigenvalue weighted by Gasteiger charge is 2.43. The molecule has 0 unspecified atom stereocenters. The molecular formula is C12H20N2O3. The fraction of sp³-hybridized carbons (Fsp3) is 0.750. The van der Waals surface area contributed by atoms with Crippen molar-refractivity contribution in [1.82, 2.24) is 10.6 Å². The van der Waals surface area contributed by atoms with Crippen molar-refractivity contribution >= 4 is 6.03 Å². The number of nitrogens with one attached hydrogen (secondary N) is 2. The van der Waals surface area contributed by atoms with Crippen LogP contribution in [-0.2, 0) is 9.47 Å². The van der Waals surface area contributed by atoms with Crippen LogP contribution in [0.5, 0.6) is 0 Å². The van der Waals surface area contributed by atoms with Crippen molar-refractivity contribution in [2.24, 2.45) is 0 Å². The van der Waals surface area contributed by atoms with Crippen LogP contribution in [0.15, 0.2) is 12.7 Å². The quantitative estimate of drug-likeness (QED) is 0.725. The highest BCUT2D eigenvalue weighted by atomic mass is 16.7. The van der Waals surface area contributed by atoms with Gasteiger partial charge in [0.1, 0.15) is 6.10 Å². The molecule has 5 nitrogen and oxygen atoms in total. The van der Waals surface area contributed by atoms with Gasteiger partial charge in [-0.2, -0.15) is 0 Å². The number of hydrogen-bond acceptors (Lipinski definition) is 3. The minimum atomic E-state index is -0.343. The molecule has 5 heteroatoms. The summed E-state index contributed by atoms with van der Waals surface area (Å²) >= 11 is 0. The average Bonchev–Trinajstić information content (AvgIpc) is 2.95. The number of carbonyl (C=O) groups is 1. The SMILES string of the molecule is C=CCNC(=O)NC[C@H]1COC2(CCCC2)O1. The molecule has 1 aliphatic carbocycles. The Morgan fingerprint density at radius 2 is 2.18 bits per heavy atom. The van der Waals surface area contributed by atoms with Crippen LogP contribution in [0.3, 0.4) is 0 Å². The van der Waals surface area contributed by atoms with Crippen molar-refractivity contribution in [2.75, 3.05) is 19.7 Å². The van der Waals surface area contributed by atoms with Crippen LogP contribution in [0.25, 0.3) is 0 Å². The number of carbonyl (C=O) groups excluding carboxylic acids is 1. The zero-order valence-electron chi connectivity index (χ0n) is 10.0. The van der Waals surface area contributed by atoms with Crippen LogP contribution in [-0.4, -0.2) is 37.6 Å². The van der Waals surface area contributed by atoms with Gasteiger partial charge in [0.15, 0.2) is 5.79 Å².